The fourth-order valence-electron chi connectivity index (χ4n) is 2.03. The number of aliphatic hydroxyl groups is 1. The first kappa shape index (κ1) is 12.5. The molecule has 1 fully saturated rings. The van der Waals surface area contributed by atoms with Gasteiger partial charge < -0.3 is 15.7 Å². The smallest absolute Gasteiger partial charge is 0.273 e. The predicted molar refractivity (Wildman–Crippen MR) is 65.9 cm³/mol. The topological polar surface area (TPSA) is 79.5 Å². The Labute approximate surface area is 104 Å². The number of amides is 1. The van der Waals surface area contributed by atoms with Crippen LogP contribution in [0.25, 0.3) is 0 Å². The highest BCUT2D eigenvalue weighted by molar-refractivity contribution is 7.09. The molecular weight excluding hydrogens is 238 g/mol. The average Bonchev–Trinajstić information content (AvgIpc) is 2.96. The van der Waals surface area contributed by atoms with Crippen LogP contribution < -0.4 is 5.73 Å². The number of nitrogens with zero attached hydrogens (tertiary/aromatic N) is 2. The summed E-state index contributed by atoms with van der Waals surface area (Å²) in [6.45, 7) is 2.57. The van der Waals surface area contributed by atoms with Gasteiger partial charge in [0.25, 0.3) is 5.91 Å². The summed E-state index contributed by atoms with van der Waals surface area (Å²) >= 11 is 1.41. The minimum atomic E-state index is -0.145. The number of carbonyl (C=O) groups is 1. The normalized spacial score (nSPS) is 21.8. The fraction of sp³-hybridized carbons (Fsp3) is 0.636. The van der Waals surface area contributed by atoms with Gasteiger partial charge in [-0.2, -0.15) is 0 Å². The Morgan fingerprint density at radius 2 is 2.59 bits per heavy atom. The van der Waals surface area contributed by atoms with E-state index in [9.17, 15) is 9.90 Å². The molecule has 0 spiro atoms. The molecule has 2 atom stereocenters. The van der Waals surface area contributed by atoms with Gasteiger partial charge in [-0.05, 0) is 19.8 Å². The molecule has 2 unspecified atom stereocenters. The third-order valence-corrected chi connectivity index (χ3v) is 4.03. The van der Waals surface area contributed by atoms with Crippen molar-refractivity contribution >= 4 is 17.2 Å². The van der Waals surface area contributed by atoms with Crippen LogP contribution in [0.5, 0.6) is 0 Å². The summed E-state index contributed by atoms with van der Waals surface area (Å²) in [6.07, 6.45) is 1.81. The summed E-state index contributed by atoms with van der Waals surface area (Å²) in [7, 11) is 0. The number of aliphatic hydroxyl groups excluding tert-OH is 1. The minimum Gasteiger partial charge on any atom is -0.394 e. The van der Waals surface area contributed by atoms with Crippen molar-refractivity contribution in [1.29, 1.82) is 0 Å². The van der Waals surface area contributed by atoms with Crippen LogP contribution in [-0.4, -0.2) is 40.1 Å². The van der Waals surface area contributed by atoms with Crippen LogP contribution in [0.2, 0.25) is 0 Å². The van der Waals surface area contributed by atoms with E-state index in [-0.39, 0.29) is 24.6 Å². The van der Waals surface area contributed by atoms with E-state index < -0.39 is 0 Å². The number of hydrogen-bond acceptors (Lipinski definition) is 5. The highest BCUT2D eigenvalue weighted by atomic mass is 32.1. The van der Waals surface area contributed by atoms with Crippen molar-refractivity contribution in [3.8, 4) is 0 Å². The van der Waals surface area contributed by atoms with Crippen molar-refractivity contribution in [3.05, 3.63) is 16.1 Å². The molecule has 5 nitrogen and oxygen atoms in total. The largest absolute Gasteiger partial charge is 0.394 e. The van der Waals surface area contributed by atoms with Crippen LogP contribution in [-0.2, 0) is 0 Å². The third kappa shape index (κ3) is 2.48. The van der Waals surface area contributed by atoms with Crippen LogP contribution in [0, 0.1) is 0 Å². The lowest BCUT2D eigenvalue weighted by Crippen LogP contribution is -2.37. The van der Waals surface area contributed by atoms with Gasteiger partial charge in [0.1, 0.15) is 10.7 Å². The molecule has 1 amide bonds. The zero-order chi connectivity index (χ0) is 12.4. The average molecular weight is 255 g/mol. The van der Waals surface area contributed by atoms with Gasteiger partial charge >= 0.3 is 0 Å². The Kier molecular flexibility index (Phi) is 3.76. The maximum absolute atomic E-state index is 12.2. The van der Waals surface area contributed by atoms with E-state index in [0.717, 1.165) is 17.8 Å². The molecular formula is C11H17N3O2S. The van der Waals surface area contributed by atoms with Crippen molar-refractivity contribution in [1.82, 2.24) is 9.88 Å². The number of hydrogen-bond donors (Lipinski definition) is 2. The Morgan fingerprint density at radius 1 is 1.82 bits per heavy atom. The van der Waals surface area contributed by atoms with E-state index in [2.05, 4.69) is 4.98 Å². The highest BCUT2D eigenvalue weighted by Crippen LogP contribution is 2.22. The number of carbonyl (C=O) groups excluding carboxylic acids is 1. The summed E-state index contributed by atoms with van der Waals surface area (Å²) < 4.78 is 0. The highest BCUT2D eigenvalue weighted by Gasteiger charge is 2.30. The lowest BCUT2D eigenvalue weighted by Gasteiger charge is -2.21. The molecule has 3 N–H and O–H groups in total. The summed E-state index contributed by atoms with van der Waals surface area (Å²) in [5, 5.41) is 11.7. The molecule has 0 aliphatic carbocycles. The van der Waals surface area contributed by atoms with Crippen LogP contribution in [0.1, 0.15) is 41.3 Å². The molecule has 2 rings (SSSR count). The van der Waals surface area contributed by atoms with Gasteiger partial charge in [-0.15, -0.1) is 11.3 Å². The zero-order valence-electron chi connectivity index (χ0n) is 9.80. The van der Waals surface area contributed by atoms with E-state index in [1.807, 2.05) is 6.92 Å². The summed E-state index contributed by atoms with van der Waals surface area (Å²) in [6, 6.07) is -0.197. The molecule has 0 saturated carbocycles. The van der Waals surface area contributed by atoms with Crippen molar-refractivity contribution in [2.75, 3.05) is 13.2 Å². The van der Waals surface area contributed by atoms with Crippen molar-refractivity contribution in [3.63, 3.8) is 0 Å². The minimum absolute atomic E-state index is 0.0238. The molecule has 2 heterocycles. The molecule has 1 aliphatic heterocycles. The van der Waals surface area contributed by atoms with Crippen molar-refractivity contribution in [2.24, 2.45) is 5.73 Å². The fourth-order valence-corrected chi connectivity index (χ4v) is 2.79. The zero-order valence-corrected chi connectivity index (χ0v) is 10.6. The molecule has 1 aliphatic rings. The lowest BCUT2D eigenvalue weighted by atomic mass is 10.2. The number of thiazole rings is 1. The first-order chi connectivity index (χ1) is 8.13. The number of aromatic nitrogens is 1. The summed E-state index contributed by atoms with van der Waals surface area (Å²) in [5.74, 6) is -0.0929. The van der Waals surface area contributed by atoms with E-state index >= 15 is 0 Å². The third-order valence-electron chi connectivity index (χ3n) is 2.98. The van der Waals surface area contributed by atoms with Gasteiger partial charge in [0.2, 0.25) is 0 Å². The molecule has 17 heavy (non-hydrogen) atoms. The second-order valence-corrected chi connectivity index (χ2v) is 5.23. The maximum Gasteiger partial charge on any atom is 0.273 e. The summed E-state index contributed by atoms with van der Waals surface area (Å²) in [5.41, 5.74) is 6.16. The maximum atomic E-state index is 12.2. The van der Waals surface area contributed by atoms with Gasteiger partial charge in [0.05, 0.1) is 18.7 Å². The Hall–Kier alpha value is -0.980. The van der Waals surface area contributed by atoms with E-state index in [4.69, 9.17) is 5.73 Å². The molecule has 1 aromatic heterocycles. The summed E-state index contributed by atoms with van der Waals surface area (Å²) in [4.78, 5) is 18.1. The van der Waals surface area contributed by atoms with Crippen LogP contribution in [0.4, 0.5) is 0 Å². The SMILES string of the molecule is CC(N)c1nc(C(=O)N2CCCC2CO)cs1. The molecule has 1 saturated heterocycles. The first-order valence-corrected chi connectivity index (χ1v) is 6.64. The van der Waals surface area contributed by atoms with Gasteiger partial charge in [0, 0.05) is 11.9 Å². The second kappa shape index (κ2) is 5.12. The van der Waals surface area contributed by atoms with Crippen molar-refractivity contribution in [2.45, 2.75) is 31.8 Å². The van der Waals surface area contributed by atoms with E-state index in [1.54, 1.807) is 10.3 Å². The Morgan fingerprint density at radius 3 is 3.18 bits per heavy atom. The Bertz CT molecular complexity index is 405. The van der Waals surface area contributed by atoms with Gasteiger partial charge in [-0.1, -0.05) is 0 Å². The van der Waals surface area contributed by atoms with E-state index in [0.29, 0.717) is 12.2 Å². The van der Waals surface area contributed by atoms with Crippen molar-refractivity contribution < 1.29 is 9.90 Å². The van der Waals surface area contributed by atoms with Gasteiger partial charge in [-0.25, -0.2) is 4.98 Å². The van der Waals surface area contributed by atoms with Gasteiger partial charge in [0.15, 0.2) is 0 Å². The van der Waals surface area contributed by atoms with Crippen LogP contribution >= 0.6 is 11.3 Å². The lowest BCUT2D eigenvalue weighted by molar-refractivity contribution is 0.0672. The standard InChI is InChI=1S/C11H17N3O2S/c1-7(12)10-13-9(6-17-10)11(16)14-4-2-3-8(14)5-15/h6-8,15H,2-5,12H2,1H3. The number of rotatable bonds is 3. The predicted octanol–water partition coefficient (Wildman–Crippen LogP) is 0.760. The molecule has 94 valence electrons. The molecule has 1 aromatic rings. The molecule has 0 aromatic carbocycles. The van der Waals surface area contributed by atoms with Crippen LogP contribution in [0.3, 0.4) is 0 Å². The number of likely N-dealkylation sites (tertiary alicyclic amines) is 1. The monoisotopic (exact) mass is 255 g/mol. The Balaban J connectivity index is 2.13. The van der Waals surface area contributed by atoms with Gasteiger partial charge in [-0.3, -0.25) is 4.79 Å². The first-order valence-electron chi connectivity index (χ1n) is 5.76. The quantitative estimate of drug-likeness (QED) is 0.835. The molecule has 0 radical (unpaired) electrons. The molecule has 0 bridgehead atoms. The molecule has 6 heteroatoms. The number of nitrogens with two attached hydrogens (primary N) is 1. The van der Waals surface area contributed by atoms with Crippen LogP contribution in [0.15, 0.2) is 5.38 Å². The second-order valence-electron chi connectivity index (χ2n) is 4.34. The van der Waals surface area contributed by atoms with E-state index in [1.165, 1.54) is 11.3 Å².